The molecule has 2 heterocycles. The molecule has 0 radical (unpaired) electrons. The lowest BCUT2D eigenvalue weighted by molar-refractivity contribution is 0.949. The third-order valence-corrected chi connectivity index (χ3v) is 2.12. The molecule has 1 aromatic heterocycles. The van der Waals surface area contributed by atoms with Crippen molar-refractivity contribution in [2.75, 3.05) is 18.0 Å². The van der Waals surface area contributed by atoms with Crippen LogP contribution in [-0.2, 0) is 0 Å². The Balaban J connectivity index is 2.16. The molecule has 58 valence electrons. The Morgan fingerprint density at radius 2 is 2.09 bits per heavy atom. The van der Waals surface area contributed by atoms with Crippen LogP contribution in [0.5, 0.6) is 0 Å². The maximum atomic E-state index is 4.09. The van der Waals surface area contributed by atoms with Gasteiger partial charge in [-0.3, -0.25) is 4.98 Å². The standard InChI is InChI=1S/C9H12N2/c1-2-7-11(6-1)9-4-3-5-10-8-9/h3-5,8H,1-2,6-7H2. The van der Waals surface area contributed by atoms with Gasteiger partial charge in [-0.25, -0.2) is 0 Å². The van der Waals surface area contributed by atoms with Gasteiger partial charge < -0.3 is 4.90 Å². The van der Waals surface area contributed by atoms with Gasteiger partial charge in [-0.2, -0.15) is 0 Å². The third kappa shape index (κ3) is 1.34. The number of nitrogens with zero attached hydrogens (tertiary/aromatic N) is 2. The molecule has 0 aromatic carbocycles. The number of anilines is 1. The fourth-order valence-corrected chi connectivity index (χ4v) is 1.52. The van der Waals surface area contributed by atoms with E-state index in [1.807, 2.05) is 18.5 Å². The lowest BCUT2D eigenvalue weighted by atomic mass is 10.4. The molecule has 1 saturated heterocycles. The Labute approximate surface area is 66.9 Å². The predicted octanol–water partition coefficient (Wildman–Crippen LogP) is 1.68. The van der Waals surface area contributed by atoms with Gasteiger partial charge in [0.2, 0.25) is 0 Å². The summed E-state index contributed by atoms with van der Waals surface area (Å²) in [6.07, 6.45) is 6.41. The summed E-state index contributed by atoms with van der Waals surface area (Å²) >= 11 is 0. The highest BCUT2D eigenvalue weighted by atomic mass is 15.1. The summed E-state index contributed by atoms with van der Waals surface area (Å²) in [7, 11) is 0. The Bertz CT molecular complexity index is 214. The number of aromatic nitrogens is 1. The molecular weight excluding hydrogens is 136 g/mol. The van der Waals surface area contributed by atoms with Gasteiger partial charge in [0.1, 0.15) is 0 Å². The molecule has 0 N–H and O–H groups in total. The summed E-state index contributed by atoms with van der Waals surface area (Å²) in [5.74, 6) is 0. The maximum absolute atomic E-state index is 4.09. The zero-order valence-electron chi connectivity index (χ0n) is 6.53. The van der Waals surface area contributed by atoms with E-state index in [2.05, 4.69) is 16.0 Å². The van der Waals surface area contributed by atoms with E-state index in [0.717, 1.165) is 0 Å². The van der Waals surface area contributed by atoms with Crippen molar-refractivity contribution >= 4 is 5.69 Å². The van der Waals surface area contributed by atoms with Crippen molar-refractivity contribution in [3.8, 4) is 0 Å². The molecule has 0 unspecified atom stereocenters. The Hall–Kier alpha value is -1.05. The quantitative estimate of drug-likeness (QED) is 0.602. The minimum Gasteiger partial charge on any atom is -0.370 e. The molecule has 0 spiro atoms. The van der Waals surface area contributed by atoms with E-state index in [4.69, 9.17) is 0 Å². The van der Waals surface area contributed by atoms with Crippen molar-refractivity contribution in [3.63, 3.8) is 0 Å². The zero-order valence-corrected chi connectivity index (χ0v) is 6.53. The minimum absolute atomic E-state index is 1.20. The van der Waals surface area contributed by atoms with Gasteiger partial charge >= 0.3 is 0 Å². The van der Waals surface area contributed by atoms with Gasteiger partial charge in [0, 0.05) is 19.3 Å². The van der Waals surface area contributed by atoms with Crippen LogP contribution in [0.15, 0.2) is 24.5 Å². The second-order valence-electron chi connectivity index (χ2n) is 2.91. The summed E-state index contributed by atoms with van der Waals surface area (Å²) in [5.41, 5.74) is 1.27. The zero-order chi connectivity index (χ0) is 7.52. The fourth-order valence-electron chi connectivity index (χ4n) is 1.52. The van der Waals surface area contributed by atoms with Gasteiger partial charge in [-0.15, -0.1) is 0 Å². The molecule has 0 aliphatic carbocycles. The molecule has 0 amide bonds. The molecule has 0 bridgehead atoms. The van der Waals surface area contributed by atoms with Crippen molar-refractivity contribution in [2.45, 2.75) is 12.8 Å². The van der Waals surface area contributed by atoms with Gasteiger partial charge in [-0.1, -0.05) is 0 Å². The molecule has 2 nitrogen and oxygen atoms in total. The van der Waals surface area contributed by atoms with Crippen molar-refractivity contribution in [3.05, 3.63) is 24.5 Å². The molecule has 11 heavy (non-hydrogen) atoms. The van der Waals surface area contributed by atoms with Crippen LogP contribution >= 0.6 is 0 Å². The molecule has 1 aliphatic heterocycles. The molecular formula is C9H12N2. The van der Waals surface area contributed by atoms with Crippen LogP contribution in [0, 0.1) is 0 Å². The Morgan fingerprint density at radius 3 is 2.73 bits per heavy atom. The first kappa shape index (κ1) is 6.65. The summed E-state index contributed by atoms with van der Waals surface area (Å²) in [6, 6.07) is 4.12. The van der Waals surface area contributed by atoms with E-state index in [1.54, 1.807) is 0 Å². The minimum atomic E-state index is 1.20. The molecule has 2 rings (SSSR count). The first-order chi connectivity index (χ1) is 5.47. The van der Waals surface area contributed by atoms with E-state index in [-0.39, 0.29) is 0 Å². The monoisotopic (exact) mass is 148 g/mol. The smallest absolute Gasteiger partial charge is 0.0552 e. The normalized spacial score (nSPS) is 17.3. The average molecular weight is 148 g/mol. The van der Waals surface area contributed by atoms with Crippen molar-refractivity contribution < 1.29 is 0 Å². The van der Waals surface area contributed by atoms with Crippen LogP contribution in [0.1, 0.15) is 12.8 Å². The lowest BCUT2D eigenvalue weighted by Crippen LogP contribution is -2.17. The van der Waals surface area contributed by atoms with E-state index in [9.17, 15) is 0 Å². The first-order valence-electron chi connectivity index (χ1n) is 4.12. The van der Waals surface area contributed by atoms with E-state index in [1.165, 1.54) is 31.6 Å². The summed E-state index contributed by atoms with van der Waals surface area (Å²) < 4.78 is 0. The molecule has 2 heteroatoms. The second-order valence-corrected chi connectivity index (χ2v) is 2.91. The van der Waals surface area contributed by atoms with Gasteiger partial charge in [0.25, 0.3) is 0 Å². The SMILES string of the molecule is c1cncc(N2CCCC2)c1. The van der Waals surface area contributed by atoms with Crippen LogP contribution in [0.25, 0.3) is 0 Å². The highest BCUT2D eigenvalue weighted by Crippen LogP contribution is 2.17. The van der Waals surface area contributed by atoms with Crippen molar-refractivity contribution in [1.29, 1.82) is 0 Å². The van der Waals surface area contributed by atoms with Gasteiger partial charge in [0.05, 0.1) is 11.9 Å². The summed E-state index contributed by atoms with van der Waals surface area (Å²) in [4.78, 5) is 6.47. The highest BCUT2D eigenvalue weighted by molar-refractivity contribution is 5.44. The number of pyridine rings is 1. The maximum Gasteiger partial charge on any atom is 0.0552 e. The molecule has 1 aromatic rings. The van der Waals surface area contributed by atoms with Crippen LogP contribution in [-0.4, -0.2) is 18.1 Å². The highest BCUT2D eigenvalue weighted by Gasteiger charge is 2.10. The fraction of sp³-hybridized carbons (Fsp3) is 0.444. The first-order valence-corrected chi connectivity index (χ1v) is 4.12. The van der Waals surface area contributed by atoms with Gasteiger partial charge in [0.15, 0.2) is 0 Å². The second kappa shape index (κ2) is 2.91. The Morgan fingerprint density at radius 1 is 1.27 bits per heavy atom. The molecule has 1 aliphatic rings. The number of rotatable bonds is 1. The topological polar surface area (TPSA) is 16.1 Å². The van der Waals surface area contributed by atoms with Crippen molar-refractivity contribution in [1.82, 2.24) is 4.98 Å². The molecule has 0 saturated carbocycles. The van der Waals surface area contributed by atoms with Crippen molar-refractivity contribution in [2.24, 2.45) is 0 Å². The van der Waals surface area contributed by atoms with Gasteiger partial charge in [-0.05, 0) is 25.0 Å². The van der Waals surface area contributed by atoms with E-state index in [0.29, 0.717) is 0 Å². The molecule has 0 atom stereocenters. The van der Waals surface area contributed by atoms with Crippen LogP contribution in [0.2, 0.25) is 0 Å². The van der Waals surface area contributed by atoms with Crippen LogP contribution < -0.4 is 4.90 Å². The summed E-state index contributed by atoms with van der Waals surface area (Å²) in [6.45, 7) is 2.40. The van der Waals surface area contributed by atoms with E-state index >= 15 is 0 Å². The number of hydrogen-bond acceptors (Lipinski definition) is 2. The number of hydrogen-bond donors (Lipinski definition) is 0. The van der Waals surface area contributed by atoms with E-state index < -0.39 is 0 Å². The lowest BCUT2D eigenvalue weighted by Gasteiger charge is -2.15. The Kier molecular flexibility index (Phi) is 1.76. The van der Waals surface area contributed by atoms with Crippen LogP contribution in [0.3, 0.4) is 0 Å². The molecule has 1 fully saturated rings. The van der Waals surface area contributed by atoms with Crippen LogP contribution in [0.4, 0.5) is 5.69 Å². The largest absolute Gasteiger partial charge is 0.370 e. The third-order valence-electron chi connectivity index (χ3n) is 2.12. The summed E-state index contributed by atoms with van der Waals surface area (Å²) in [5, 5.41) is 0. The average Bonchev–Trinajstić information content (AvgIpc) is 2.58. The predicted molar refractivity (Wildman–Crippen MR) is 45.7 cm³/mol.